The molecule has 2 heterocycles. The Hall–Kier alpha value is -6.65. The van der Waals surface area contributed by atoms with Gasteiger partial charge in [0.25, 0.3) is 0 Å². The van der Waals surface area contributed by atoms with E-state index in [2.05, 4.69) is 127 Å². The second kappa shape index (κ2) is 11.0. The zero-order valence-corrected chi connectivity index (χ0v) is 26.3. The molecule has 4 heteroatoms. The topological polar surface area (TPSA) is 51.8 Å². The summed E-state index contributed by atoms with van der Waals surface area (Å²) in [6.45, 7) is 0. The largest absolute Gasteiger partial charge is 0.455 e. The predicted octanol–water partition coefficient (Wildman–Crippen LogP) is 11.9. The summed E-state index contributed by atoms with van der Waals surface area (Å²) in [6, 6.07) is 56.7. The second-order valence-corrected chi connectivity index (χ2v) is 12.4. The number of furan rings is 1. The lowest BCUT2D eigenvalue weighted by Gasteiger charge is -2.16. The standard InChI is InChI=1S/C45H27N3O/c1-3-14-30(15-4-1)39-40-36-21-11-12-22-38(36)49-42(40)35-20-10-9-19-34(35)41(39)45-47-43(31-16-5-2-6-17-31)46-44(48-45)32-26-25-29-24-23-28-13-7-8-18-33(28)37(29)27-32/h1-27H. The summed E-state index contributed by atoms with van der Waals surface area (Å²) >= 11 is 0. The highest BCUT2D eigenvalue weighted by atomic mass is 16.3. The number of fused-ring (bicyclic) bond motifs is 8. The summed E-state index contributed by atoms with van der Waals surface area (Å²) in [5.41, 5.74) is 6.64. The van der Waals surface area contributed by atoms with Crippen molar-refractivity contribution < 1.29 is 4.42 Å². The van der Waals surface area contributed by atoms with Crippen molar-refractivity contribution in [1.29, 1.82) is 0 Å². The molecular weight excluding hydrogens is 599 g/mol. The van der Waals surface area contributed by atoms with Crippen LogP contribution in [-0.4, -0.2) is 15.0 Å². The molecule has 0 N–H and O–H groups in total. The Balaban J connectivity index is 1.34. The van der Waals surface area contributed by atoms with Gasteiger partial charge in [-0.1, -0.05) is 152 Å². The van der Waals surface area contributed by atoms with Crippen molar-refractivity contribution in [2.24, 2.45) is 0 Å². The van der Waals surface area contributed by atoms with Gasteiger partial charge < -0.3 is 4.42 Å². The van der Waals surface area contributed by atoms with Crippen molar-refractivity contribution >= 4 is 54.3 Å². The zero-order chi connectivity index (χ0) is 32.3. The van der Waals surface area contributed by atoms with Crippen molar-refractivity contribution in [3.8, 4) is 45.3 Å². The third-order valence-corrected chi connectivity index (χ3v) is 9.49. The normalized spacial score (nSPS) is 11.7. The summed E-state index contributed by atoms with van der Waals surface area (Å²) < 4.78 is 6.63. The zero-order valence-electron chi connectivity index (χ0n) is 26.3. The lowest BCUT2D eigenvalue weighted by atomic mass is 9.89. The van der Waals surface area contributed by atoms with Gasteiger partial charge in [0, 0.05) is 38.4 Å². The Morgan fingerprint density at radius 3 is 1.67 bits per heavy atom. The smallest absolute Gasteiger partial charge is 0.165 e. The molecule has 4 nitrogen and oxygen atoms in total. The maximum absolute atomic E-state index is 6.63. The molecule has 0 saturated carbocycles. The van der Waals surface area contributed by atoms with Crippen LogP contribution in [0.5, 0.6) is 0 Å². The van der Waals surface area contributed by atoms with E-state index >= 15 is 0 Å². The summed E-state index contributed by atoms with van der Waals surface area (Å²) in [5.74, 6) is 1.86. The Kier molecular flexibility index (Phi) is 6.15. The van der Waals surface area contributed by atoms with Gasteiger partial charge in [0.1, 0.15) is 11.2 Å². The quantitative estimate of drug-likeness (QED) is 0.183. The van der Waals surface area contributed by atoms with Gasteiger partial charge in [-0.25, -0.2) is 15.0 Å². The maximum Gasteiger partial charge on any atom is 0.165 e. The van der Waals surface area contributed by atoms with E-state index in [0.717, 1.165) is 60.5 Å². The molecular formula is C45H27N3O. The molecule has 0 aliphatic heterocycles. The minimum atomic E-state index is 0.615. The van der Waals surface area contributed by atoms with Crippen LogP contribution in [0.25, 0.3) is 99.5 Å². The lowest BCUT2D eigenvalue weighted by molar-refractivity contribution is 0.673. The molecule has 49 heavy (non-hydrogen) atoms. The van der Waals surface area contributed by atoms with E-state index < -0.39 is 0 Å². The minimum Gasteiger partial charge on any atom is -0.455 e. The number of aromatic nitrogens is 3. The van der Waals surface area contributed by atoms with Gasteiger partial charge in [0.05, 0.1) is 0 Å². The molecule has 10 aromatic rings. The van der Waals surface area contributed by atoms with Crippen molar-refractivity contribution in [3.63, 3.8) is 0 Å². The first kappa shape index (κ1) is 27.5. The van der Waals surface area contributed by atoms with Crippen LogP contribution in [0.2, 0.25) is 0 Å². The first-order valence-corrected chi connectivity index (χ1v) is 16.5. The summed E-state index contributed by atoms with van der Waals surface area (Å²) in [7, 11) is 0. The summed E-state index contributed by atoms with van der Waals surface area (Å²) in [6.07, 6.45) is 0. The highest BCUT2D eigenvalue weighted by Gasteiger charge is 2.25. The van der Waals surface area contributed by atoms with E-state index in [1.807, 2.05) is 36.4 Å². The van der Waals surface area contributed by atoms with Gasteiger partial charge in [-0.2, -0.15) is 0 Å². The monoisotopic (exact) mass is 625 g/mol. The highest BCUT2D eigenvalue weighted by molar-refractivity contribution is 6.26. The number of rotatable bonds is 4. The van der Waals surface area contributed by atoms with Crippen LogP contribution >= 0.6 is 0 Å². The average molecular weight is 626 g/mol. The van der Waals surface area contributed by atoms with Crippen LogP contribution < -0.4 is 0 Å². The molecule has 0 fully saturated rings. The maximum atomic E-state index is 6.63. The van der Waals surface area contributed by atoms with E-state index in [-0.39, 0.29) is 0 Å². The molecule has 0 saturated heterocycles. The minimum absolute atomic E-state index is 0.615. The fourth-order valence-corrected chi connectivity index (χ4v) is 7.24. The first-order chi connectivity index (χ1) is 24.3. The van der Waals surface area contributed by atoms with E-state index in [0.29, 0.717) is 17.5 Å². The Bertz CT molecular complexity index is 2880. The summed E-state index contributed by atoms with van der Waals surface area (Å²) in [4.78, 5) is 15.7. The number of nitrogens with zero attached hydrogens (tertiary/aromatic N) is 3. The fourth-order valence-electron chi connectivity index (χ4n) is 7.24. The van der Waals surface area contributed by atoms with Crippen molar-refractivity contribution in [2.75, 3.05) is 0 Å². The van der Waals surface area contributed by atoms with Gasteiger partial charge in [0.15, 0.2) is 17.5 Å². The molecule has 2 aromatic heterocycles. The van der Waals surface area contributed by atoms with Crippen LogP contribution in [0.1, 0.15) is 0 Å². The molecule has 0 radical (unpaired) electrons. The average Bonchev–Trinajstić information content (AvgIpc) is 3.57. The molecule has 0 unspecified atom stereocenters. The SMILES string of the molecule is c1ccc(-c2nc(-c3ccc4ccc5ccccc5c4c3)nc(-c3c(-c4ccccc4)c4c5ccccc5oc4c4ccccc34)n2)cc1. The first-order valence-electron chi connectivity index (χ1n) is 16.5. The van der Waals surface area contributed by atoms with Gasteiger partial charge in [-0.3, -0.25) is 0 Å². The Morgan fingerprint density at radius 2 is 0.898 bits per heavy atom. The number of benzene rings is 8. The van der Waals surface area contributed by atoms with Crippen LogP contribution in [0.15, 0.2) is 168 Å². The Morgan fingerprint density at radius 1 is 0.347 bits per heavy atom. The molecule has 0 bridgehead atoms. The van der Waals surface area contributed by atoms with Crippen molar-refractivity contribution in [3.05, 3.63) is 164 Å². The molecule has 8 aromatic carbocycles. The Labute approximate surface area is 282 Å². The number of para-hydroxylation sites is 1. The van der Waals surface area contributed by atoms with Gasteiger partial charge in [-0.05, 0) is 44.6 Å². The molecule has 0 amide bonds. The molecule has 0 atom stereocenters. The highest BCUT2D eigenvalue weighted by Crippen LogP contribution is 2.47. The third-order valence-electron chi connectivity index (χ3n) is 9.49. The fraction of sp³-hybridized carbons (Fsp3) is 0. The predicted molar refractivity (Wildman–Crippen MR) is 201 cm³/mol. The number of hydrogen-bond donors (Lipinski definition) is 0. The molecule has 228 valence electrons. The van der Waals surface area contributed by atoms with E-state index in [1.165, 1.54) is 21.5 Å². The van der Waals surface area contributed by atoms with Crippen molar-refractivity contribution in [1.82, 2.24) is 15.0 Å². The van der Waals surface area contributed by atoms with Gasteiger partial charge in [-0.15, -0.1) is 0 Å². The second-order valence-electron chi connectivity index (χ2n) is 12.4. The molecule has 0 aliphatic rings. The van der Waals surface area contributed by atoms with Crippen LogP contribution in [-0.2, 0) is 0 Å². The molecule has 0 aliphatic carbocycles. The van der Waals surface area contributed by atoms with E-state index in [1.54, 1.807) is 0 Å². The molecule has 10 rings (SSSR count). The third kappa shape index (κ3) is 4.42. The lowest BCUT2D eigenvalue weighted by Crippen LogP contribution is -2.02. The van der Waals surface area contributed by atoms with E-state index in [9.17, 15) is 0 Å². The number of hydrogen-bond acceptors (Lipinski definition) is 4. The summed E-state index contributed by atoms with van der Waals surface area (Å²) in [5, 5.41) is 8.90. The van der Waals surface area contributed by atoms with E-state index in [4.69, 9.17) is 19.4 Å². The van der Waals surface area contributed by atoms with Crippen molar-refractivity contribution in [2.45, 2.75) is 0 Å². The van der Waals surface area contributed by atoms with Gasteiger partial charge in [0.2, 0.25) is 0 Å². The van der Waals surface area contributed by atoms with Crippen LogP contribution in [0.4, 0.5) is 0 Å². The van der Waals surface area contributed by atoms with Crippen LogP contribution in [0, 0.1) is 0 Å². The van der Waals surface area contributed by atoms with Crippen LogP contribution in [0.3, 0.4) is 0 Å². The van der Waals surface area contributed by atoms with Gasteiger partial charge >= 0.3 is 0 Å². The molecule has 0 spiro atoms.